The van der Waals surface area contributed by atoms with Gasteiger partial charge >= 0.3 is 0 Å². The van der Waals surface area contributed by atoms with Gasteiger partial charge in [-0.3, -0.25) is 9.59 Å². The van der Waals surface area contributed by atoms with E-state index in [-0.39, 0.29) is 11.8 Å². The molecule has 0 radical (unpaired) electrons. The van der Waals surface area contributed by atoms with Crippen LogP contribution in [-0.2, 0) is 9.59 Å². The Hall–Kier alpha value is -1.84. The Morgan fingerprint density at radius 1 is 0.952 bits per heavy atom. The number of carbonyl (C=O) groups is 2. The summed E-state index contributed by atoms with van der Waals surface area (Å²) in [5.74, 6) is -0.0795. The molecule has 0 fully saturated rings. The molecular weight excluding hydrogens is 264 g/mol. The molecule has 0 aliphatic carbocycles. The summed E-state index contributed by atoms with van der Waals surface area (Å²) in [6.45, 7) is 11.4. The maximum atomic E-state index is 12.2. The monoisotopic (exact) mass is 290 g/mol. The van der Waals surface area contributed by atoms with Gasteiger partial charge in [0.15, 0.2) is 0 Å². The third-order valence-corrected chi connectivity index (χ3v) is 3.56. The second-order valence-electron chi connectivity index (χ2n) is 6.98. The maximum Gasteiger partial charge on any atom is 0.230 e. The van der Waals surface area contributed by atoms with E-state index in [1.165, 1.54) is 0 Å². The molecule has 0 aromatic heterocycles. The molecule has 0 saturated heterocycles. The van der Waals surface area contributed by atoms with Crippen LogP contribution in [0.3, 0.4) is 0 Å². The fourth-order valence-electron chi connectivity index (χ4n) is 1.45. The molecule has 2 amide bonds. The Kier molecular flexibility index (Phi) is 5.15. The highest BCUT2D eigenvalue weighted by Crippen LogP contribution is 2.24. The fourth-order valence-corrected chi connectivity index (χ4v) is 1.45. The molecule has 116 valence electrons. The molecule has 0 spiro atoms. The van der Waals surface area contributed by atoms with Gasteiger partial charge in [-0.2, -0.15) is 0 Å². The average molecular weight is 290 g/mol. The van der Waals surface area contributed by atoms with Crippen molar-refractivity contribution in [2.24, 2.45) is 10.8 Å². The van der Waals surface area contributed by atoms with E-state index in [0.29, 0.717) is 11.4 Å². The van der Waals surface area contributed by atoms with Gasteiger partial charge in [-0.25, -0.2) is 0 Å². The molecule has 0 aliphatic heterocycles. The number of rotatable bonds is 4. The maximum absolute atomic E-state index is 12.2. The van der Waals surface area contributed by atoms with Crippen molar-refractivity contribution in [3.63, 3.8) is 0 Å². The first-order valence-electron chi connectivity index (χ1n) is 7.29. The van der Waals surface area contributed by atoms with E-state index in [9.17, 15) is 9.59 Å². The molecular formula is C17H26N2O2. The summed E-state index contributed by atoms with van der Waals surface area (Å²) in [4.78, 5) is 24.1. The summed E-state index contributed by atoms with van der Waals surface area (Å²) in [5, 5.41) is 5.75. The summed E-state index contributed by atoms with van der Waals surface area (Å²) >= 11 is 0. The number of benzene rings is 1. The molecule has 21 heavy (non-hydrogen) atoms. The van der Waals surface area contributed by atoms with Crippen molar-refractivity contribution >= 4 is 23.2 Å². The number of carbonyl (C=O) groups excluding carboxylic acids is 2. The van der Waals surface area contributed by atoms with Crippen LogP contribution in [0.1, 0.15) is 48.0 Å². The lowest BCUT2D eigenvalue weighted by Gasteiger charge is -2.22. The molecule has 1 aromatic rings. The van der Waals surface area contributed by atoms with Crippen LogP contribution in [0.15, 0.2) is 24.3 Å². The molecule has 0 atom stereocenters. The van der Waals surface area contributed by atoms with Crippen LogP contribution in [0.4, 0.5) is 11.4 Å². The average Bonchev–Trinajstić information content (AvgIpc) is 2.37. The third-order valence-electron chi connectivity index (χ3n) is 3.56. The van der Waals surface area contributed by atoms with E-state index in [0.717, 1.165) is 6.42 Å². The minimum absolute atomic E-state index is 0.0238. The molecule has 0 heterocycles. The van der Waals surface area contributed by atoms with Crippen molar-refractivity contribution in [1.82, 2.24) is 0 Å². The van der Waals surface area contributed by atoms with Crippen LogP contribution in [0.2, 0.25) is 0 Å². The van der Waals surface area contributed by atoms with Gasteiger partial charge in [0.1, 0.15) is 0 Å². The first-order valence-corrected chi connectivity index (χ1v) is 7.29. The number of hydrogen-bond acceptors (Lipinski definition) is 2. The molecule has 0 aliphatic rings. The smallest absolute Gasteiger partial charge is 0.230 e. The highest BCUT2D eigenvalue weighted by molar-refractivity contribution is 5.97. The largest absolute Gasteiger partial charge is 0.326 e. The zero-order valence-corrected chi connectivity index (χ0v) is 13.8. The molecule has 4 nitrogen and oxygen atoms in total. The highest BCUT2D eigenvalue weighted by Gasteiger charge is 2.25. The molecule has 1 rings (SSSR count). The van der Waals surface area contributed by atoms with Gasteiger partial charge in [0, 0.05) is 22.2 Å². The van der Waals surface area contributed by atoms with Crippen LogP contribution < -0.4 is 10.6 Å². The van der Waals surface area contributed by atoms with E-state index in [2.05, 4.69) is 10.6 Å². The standard InChI is InChI=1S/C17H26N2O2/c1-7-17(5,6)15(21)19-13-10-8-9-12(11-13)18-14(20)16(2,3)4/h8-11H,7H2,1-6H3,(H,18,20)(H,19,21). The molecule has 0 unspecified atom stereocenters. The van der Waals surface area contributed by atoms with E-state index in [4.69, 9.17) is 0 Å². The molecule has 0 bridgehead atoms. The van der Waals surface area contributed by atoms with Crippen molar-refractivity contribution in [3.8, 4) is 0 Å². The van der Waals surface area contributed by atoms with Crippen LogP contribution in [0, 0.1) is 10.8 Å². The van der Waals surface area contributed by atoms with E-state index in [1.54, 1.807) is 6.07 Å². The Morgan fingerprint density at radius 2 is 1.43 bits per heavy atom. The fraction of sp³-hybridized carbons (Fsp3) is 0.529. The van der Waals surface area contributed by atoms with E-state index >= 15 is 0 Å². The Bertz CT molecular complexity index is 528. The minimum atomic E-state index is -0.455. The molecule has 4 heteroatoms. The van der Waals surface area contributed by atoms with Gasteiger partial charge in [-0.1, -0.05) is 47.6 Å². The first-order chi connectivity index (χ1) is 9.56. The number of anilines is 2. The predicted molar refractivity (Wildman–Crippen MR) is 87.2 cm³/mol. The Balaban J connectivity index is 2.82. The van der Waals surface area contributed by atoms with E-state index in [1.807, 2.05) is 59.7 Å². The quantitative estimate of drug-likeness (QED) is 0.879. The van der Waals surface area contributed by atoms with Gasteiger partial charge < -0.3 is 10.6 Å². The second kappa shape index (κ2) is 6.29. The minimum Gasteiger partial charge on any atom is -0.326 e. The molecule has 0 saturated carbocycles. The van der Waals surface area contributed by atoms with Crippen LogP contribution in [0.5, 0.6) is 0 Å². The van der Waals surface area contributed by atoms with Gasteiger partial charge in [0.2, 0.25) is 11.8 Å². The lowest BCUT2D eigenvalue weighted by Crippen LogP contribution is -2.30. The van der Waals surface area contributed by atoms with Crippen LogP contribution >= 0.6 is 0 Å². The number of amides is 2. The van der Waals surface area contributed by atoms with Gasteiger partial charge in [0.05, 0.1) is 0 Å². The topological polar surface area (TPSA) is 58.2 Å². The molecule has 1 aromatic carbocycles. The SMILES string of the molecule is CCC(C)(C)C(=O)Nc1cccc(NC(=O)C(C)(C)C)c1. The van der Waals surface area contributed by atoms with Crippen molar-refractivity contribution in [3.05, 3.63) is 24.3 Å². The van der Waals surface area contributed by atoms with Crippen LogP contribution in [-0.4, -0.2) is 11.8 Å². The summed E-state index contributed by atoms with van der Waals surface area (Å²) in [5.41, 5.74) is 0.504. The summed E-state index contributed by atoms with van der Waals surface area (Å²) in [7, 11) is 0. The Morgan fingerprint density at radius 3 is 1.86 bits per heavy atom. The van der Waals surface area contributed by atoms with Crippen LogP contribution in [0.25, 0.3) is 0 Å². The van der Waals surface area contributed by atoms with Crippen molar-refractivity contribution in [2.45, 2.75) is 48.0 Å². The Labute approximate surface area is 127 Å². The van der Waals surface area contributed by atoms with Gasteiger partial charge in [0.25, 0.3) is 0 Å². The normalized spacial score (nSPS) is 11.9. The zero-order chi connectivity index (χ0) is 16.3. The zero-order valence-electron chi connectivity index (χ0n) is 13.8. The summed E-state index contributed by atoms with van der Waals surface area (Å²) < 4.78 is 0. The summed E-state index contributed by atoms with van der Waals surface area (Å²) in [6.07, 6.45) is 0.763. The van der Waals surface area contributed by atoms with Crippen molar-refractivity contribution in [2.75, 3.05) is 10.6 Å². The third kappa shape index (κ3) is 4.88. The predicted octanol–water partition coefficient (Wildman–Crippen LogP) is 4.05. The summed E-state index contributed by atoms with van der Waals surface area (Å²) in [6, 6.07) is 7.21. The van der Waals surface area contributed by atoms with E-state index < -0.39 is 10.8 Å². The number of nitrogens with one attached hydrogen (secondary N) is 2. The van der Waals surface area contributed by atoms with Crippen molar-refractivity contribution in [1.29, 1.82) is 0 Å². The highest BCUT2D eigenvalue weighted by atomic mass is 16.2. The number of hydrogen-bond donors (Lipinski definition) is 2. The lowest BCUT2D eigenvalue weighted by atomic mass is 9.89. The second-order valence-corrected chi connectivity index (χ2v) is 6.98. The van der Waals surface area contributed by atoms with Crippen molar-refractivity contribution < 1.29 is 9.59 Å². The lowest BCUT2D eigenvalue weighted by molar-refractivity contribution is -0.124. The van der Waals surface area contributed by atoms with Gasteiger partial charge in [-0.15, -0.1) is 0 Å². The first kappa shape index (κ1) is 17.2. The molecule has 2 N–H and O–H groups in total. The van der Waals surface area contributed by atoms with Gasteiger partial charge in [-0.05, 0) is 24.6 Å².